The summed E-state index contributed by atoms with van der Waals surface area (Å²) in [5.41, 5.74) is 0. The highest BCUT2D eigenvalue weighted by Crippen LogP contribution is 2.15. The lowest BCUT2D eigenvalue weighted by molar-refractivity contribution is -0.130. The van der Waals surface area contributed by atoms with Crippen LogP contribution in [0.25, 0.3) is 0 Å². The number of carbonyl (C=O) groups is 1. The van der Waals surface area contributed by atoms with E-state index in [0.29, 0.717) is 13.0 Å². The summed E-state index contributed by atoms with van der Waals surface area (Å²) in [6.07, 6.45) is 4.40. The van der Waals surface area contributed by atoms with Crippen LogP contribution < -0.4 is 5.32 Å². The number of aromatic nitrogens is 1. The van der Waals surface area contributed by atoms with Crippen molar-refractivity contribution in [1.82, 2.24) is 15.2 Å². The Kier molecular flexibility index (Phi) is 6.15. The fraction of sp³-hybridized carbons (Fsp3) is 0.667. The Hall–Kier alpha value is -0.940. The molecule has 0 spiro atoms. The number of aryl methyl sites for hydroxylation is 1. The van der Waals surface area contributed by atoms with Crippen LogP contribution in [0.5, 0.6) is 0 Å². The Balaban J connectivity index is 2.37. The van der Waals surface area contributed by atoms with Gasteiger partial charge in [0, 0.05) is 24.5 Å². The molecule has 17 heavy (non-hydrogen) atoms. The Morgan fingerprint density at radius 3 is 2.94 bits per heavy atom. The van der Waals surface area contributed by atoms with E-state index in [9.17, 15) is 4.79 Å². The van der Waals surface area contributed by atoms with E-state index in [1.807, 2.05) is 20.3 Å². The smallest absolute Gasteiger partial charge is 0.222 e. The molecule has 0 unspecified atom stereocenters. The average molecular weight is 255 g/mol. The molecule has 0 atom stereocenters. The van der Waals surface area contributed by atoms with Crippen molar-refractivity contribution < 1.29 is 4.79 Å². The molecule has 1 amide bonds. The van der Waals surface area contributed by atoms with Crippen LogP contribution in [0.4, 0.5) is 0 Å². The normalized spacial score (nSPS) is 10.5. The molecule has 96 valence electrons. The van der Waals surface area contributed by atoms with Crippen LogP contribution in [-0.4, -0.2) is 36.4 Å². The molecule has 0 aromatic carbocycles. The topological polar surface area (TPSA) is 45.2 Å². The summed E-state index contributed by atoms with van der Waals surface area (Å²) < 4.78 is 0. The van der Waals surface area contributed by atoms with E-state index in [1.54, 1.807) is 16.2 Å². The number of carbonyl (C=O) groups excluding carboxylic acids is 1. The highest BCUT2D eigenvalue weighted by molar-refractivity contribution is 7.11. The molecule has 1 aromatic rings. The number of hydrogen-bond donors (Lipinski definition) is 1. The van der Waals surface area contributed by atoms with E-state index in [-0.39, 0.29) is 5.91 Å². The molecule has 0 aliphatic heterocycles. The van der Waals surface area contributed by atoms with Gasteiger partial charge in [-0.3, -0.25) is 4.79 Å². The van der Waals surface area contributed by atoms with Crippen molar-refractivity contribution >= 4 is 17.2 Å². The van der Waals surface area contributed by atoms with Crippen LogP contribution >= 0.6 is 11.3 Å². The summed E-state index contributed by atoms with van der Waals surface area (Å²) in [6.45, 7) is 3.63. The van der Waals surface area contributed by atoms with Gasteiger partial charge in [-0.25, -0.2) is 4.98 Å². The summed E-state index contributed by atoms with van der Waals surface area (Å²) in [5, 5.41) is 4.06. The molecular formula is C12H21N3OS. The van der Waals surface area contributed by atoms with Gasteiger partial charge in [0.05, 0.1) is 6.54 Å². The second kappa shape index (κ2) is 7.40. The van der Waals surface area contributed by atoms with Crippen molar-refractivity contribution in [3.8, 4) is 0 Å². The van der Waals surface area contributed by atoms with Gasteiger partial charge in [-0.2, -0.15) is 0 Å². The first kappa shape index (κ1) is 14.1. The fourth-order valence-electron chi connectivity index (χ4n) is 1.48. The number of thiazole rings is 1. The van der Waals surface area contributed by atoms with E-state index in [1.165, 1.54) is 4.88 Å². The Labute approximate surface area is 107 Å². The molecule has 1 rings (SSSR count). The molecule has 0 bridgehead atoms. The molecule has 0 aliphatic rings. The van der Waals surface area contributed by atoms with Crippen LogP contribution in [0.15, 0.2) is 6.20 Å². The molecule has 0 saturated heterocycles. The second-order valence-corrected chi connectivity index (χ2v) is 5.23. The van der Waals surface area contributed by atoms with Gasteiger partial charge < -0.3 is 10.2 Å². The van der Waals surface area contributed by atoms with Gasteiger partial charge in [-0.15, -0.1) is 11.3 Å². The molecule has 0 fully saturated rings. The lowest BCUT2D eigenvalue weighted by atomic mass is 10.3. The first-order valence-corrected chi connectivity index (χ1v) is 6.81. The molecule has 1 heterocycles. The van der Waals surface area contributed by atoms with Gasteiger partial charge >= 0.3 is 0 Å². The Morgan fingerprint density at radius 1 is 1.59 bits per heavy atom. The largest absolute Gasteiger partial charge is 0.339 e. The van der Waals surface area contributed by atoms with Gasteiger partial charge in [-0.05, 0) is 26.4 Å². The molecular weight excluding hydrogens is 234 g/mol. The van der Waals surface area contributed by atoms with Crippen LogP contribution in [0, 0.1) is 0 Å². The molecule has 1 N–H and O–H groups in total. The number of nitrogens with zero attached hydrogens (tertiary/aromatic N) is 2. The van der Waals surface area contributed by atoms with Crippen molar-refractivity contribution in [3.05, 3.63) is 16.1 Å². The van der Waals surface area contributed by atoms with Crippen molar-refractivity contribution in [2.75, 3.05) is 20.6 Å². The second-order valence-electron chi connectivity index (χ2n) is 4.03. The third kappa shape index (κ3) is 4.83. The molecule has 0 radical (unpaired) electrons. The van der Waals surface area contributed by atoms with Crippen molar-refractivity contribution in [3.63, 3.8) is 0 Å². The zero-order valence-corrected chi connectivity index (χ0v) is 11.6. The SMILES string of the molecule is CCc1cnc(CN(C)C(=O)CCCNC)s1. The first-order chi connectivity index (χ1) is 8.17. The lowest BCUT2D eigenvalue weighted by Gasteiger charge is -2.15. The minimum atomic E-state index is 0.188. The van der Waals surface area contributed by atoms with Crippen molar-refractivity contribution in [2.45, 2.75) is 32.7 Å². The Morgan fingerprint density at radius 2 is 2.35 bits per heavy atom. The van der Waals surface area contributed by atoms with Gasteiger partial charge in [0.2, 0.25) is 5.91 Å². The Bertz CT molecular complexity index is 351. The quantitative estimate of drug-likeness (QED) is 0.754. The summed E-state index contributed by atoms with van der Waals surface area (Å²) in [7, 11) is 3.74. The molecule has 5 heteroatoms. The van der Waals surface area contributed by atoms with Crippen LogP contribution in [-0.2, 0) is 17.8 Å². The van der Waals surface area contributed by atoms with Gasteiger partial charge in [0.1, 0.15) is 5.01 Å². The third-order valence-electron chi connectivity index (χ3n) is 2.57. The van der Waals surface area contributed by atoms with E-state index in [4.69, 9.17) is 0 Å². The minimum absolute atomic E-state index is 0.188. The zero-order valence-electron chi connectivity index (χ0n) is 10.8. The highest BCUT2D eigenvalue weighted by Gasteiger charge is 2.10. The summed E-state index contributed by atoms with van der Waals surface area (Å²) >= 11 is 1.69. The predicted octanol–water partition coefficient (Wildman–Crippen LogP) is 1.66. The highest BCUT2D eigenvalue weighted by atomic mass is 32.1. The van der Waals surface area contributed by atoms with E-state index >= 15 is 0 Å². The lowest BCUT2D eigenvalue weighted by Crippen LogP contribution is -2.26. The van der Waals surface area contributed by atoms with Crippen LogP contribution in [0.2, 0.25) is 0 Å². The van der Waals surface area contributed by atoms with Gasteiger partial charge in [0.15, 0.2) is 0 Å². The number of hydrogen-bond acceptors (Lipinski definition) is 4. The fourth-order valence-corrected chi connectivity index (χ4v) is 2.40. The number of amides is 1. The maximum absolute atomic E-state index is 11.8. The number of nitrogens with one attached hydrogen (secondary N) is 1. The molecule has 0 saturated carbocycles. The molecule has 4 nitrogen and oxygen atoms in total. The van der Waals surface area contributed by atoms with Gasteiger partial charge in [0.25, 0.3) is 0 Å². The average Bonchev–Trinajstić information content (AvgIpc) is 2.77. The van der Waals surface area contributed by atoms with Crippen molar-refractivity contribution in [1.29, 1.82) is 0 Å². The van der Waals surface area contributed by atoms with Crippen molar-refractivity contribution in [2.24, 2.45) is 0 Å². The third-order valence-corrected chi connectivity index (χ3v) is 3.69. The van der Waals surface area contributed by atoms with E-state index in [0.717, 1.165) is 24.4 Å². The molecule has 1 aromatic heterocycles. The summed E-state index contributed by atoms with van der Waals surface area (Å²) in [4.78, 5) is 19.1. The first-order valence-electron chi connectivity index (χ1n) is 5.99. The monoisotopic (exact) mass is 255 g/mol. The standard InChI is InChI=1S/C12H21N3OS/c1-4-10-8-14-11(17-10)9-15(3)12(16)6-5-7-13-2/h8,13H,4-7,9H2,1-3H3. The maximum Gasteiger partial charge on any atom is 0.222 e. The minimum Gasteiger partial charge on any atom is -0.339 e. The van der Waals surface area contributed by atoms with Crippen LogP contribution in [0.3, 0.4) is 0 Å². The maximum atomic E-state index is 11.8. The summed E-state index contributed by atoms with van der Waals surface area (Å²) in [6, 6.07) is 0. The number of rotatable bonds is 7. The predicted molar refractivity (Wildman–Crippen MR) is 71.1 cm³/mol. The summed E-state index contributed by atoms with van der Waals surface area (Å²) in [5.74, 6) is 0.188. The van der Waals surface area contributed by atoms with Crippen LogP contribution in [0.1, 0.15) is 29.7 Å². The van der Waals surface area contributed by atoms with E-state index < -0.39 is 0 Å². The zero-order chi connectivity index (χ0) is 12.7. The van der Waals surface area contributed by atoms with Gasteiger partial charge in [-0.1, -0.05) is 6.92 Å². The van der Waals surface area contributed by atoms with E-state index in [2.05, 4.69) is 17.2 Å². The molecule has 0 aliphatic carbocycles.